The Labute approximate surface area is 143 Å². The van der Waals surface area contributed by atoms with Crippen molar-refractivity contribution in [2.75, 3.05) is 39.4 Å². The Morgan fingerprint density at radius 3 is 2.67 bits per heavy atom. The minimum absolute atomic E-state index is 0.0828. The van der Waals surface area contributed by atoms with Crippen molar-refractivity contribution in [3.8, 4) is 0 Å². The Bertz CT molecular complexity index is 698. The summed E-state index contributed by atoms with van der Waals surface area (Å²) in [7, 11) is -3.58. The summed E-state index contributed by atoms with van der Waals surface area (Å²) in [5.41, 5.74) is 0.443. The maximum atomic E-state index is 12.7. The van der Waals surface area contributed by atoms with E-state index in [9.17, 15) is 13.2 Å². The molecule has 2 saturated heterocycles. The number of sulfonamides is 1. The van der Waals surface area contributed by atoms with Gasteiger partial charge in [-0.3, -0.25) is 4.79 Å². The Kier molecular flexibility index (Phi) is 5.22. The van der Waals surface area contributed by atoms with E-state index < -0.39 is 10.0 Å². The molecule has 0 saturated carbocycles. The first kappa shape index (κ1) is 17.4. The maximum absolute atomic E-state index is 12.7. The van der Waals surface area contributed by atoms with E-state index in [0.717, 1.165) is 25.9 Å². The van der Waals surface area contributed by atoms with Crippen LogP contribution in [0.3, 0.4) is 0 Å². The molecule has 2 fully saturated rings. The van der Waals surface area contributed by atoms with E-state index in [1.807, 2.05) is 4.90 Å². The van der Waals surface area contributed by atoms with Crippen LogP contribution in [0.25, 0.3) is 0 Å². The van der Waals surface area contributed by atoms with Crippen molar-refractivity contribution in [2.45, 2.75) is 24.7 Å². The lowest BCUT2D eigenvalue weighted by molar-refractivity contribution is 0.0682. The zero-order valence-electron chi connectivity index (χ0n) is 14.0. The van der Waals surface area contributed by atoms with E-state index in [4.69, 9.17) is 4.74 Å². The number of ether oxygens (including phenoxy) is 1. The van der Waals surface area contributed by atoms with Crippen LogP contribution in [0.4, 0.5) is 0 Å². The molecule has 132 valence electrons. The molecule has 7 heteroatoms. The third-order valence-electron chi connectivity index (χ3n) is 4.63. The van der Waals surface area contributed by atoms with Crippen LogP contribution in [0.2, 0.25) is 0 Å². The average molecular weight is 352 g/mol. The van der Waals surface area contributed by atoms with Crippen molar-refractivity contribution in [1.82, 2.24) is 9.21 Å². The van der Waals surface area contributed by atoms with E-state index in [2.05, 4.69) is 6.92 Å². The molecule has 1 unspecified atom stereocenters. The normalized spacial score (nSPS) is 23.2. The number of hydrogen-bond donors (Lipinski definition) is 0. The second-order valence-electron chi connectivity index (χ2n) is 6.54. The molecule has 1 amide bonds. The number of carbonyl (C=O) groups is 1. The van der Waals surface area contributed by atoms with Gasteiger partial charge in [-0.2, -0.15) is 4.31 Å². The molecule has 2 heterocycles. The molecule has 1 aromatic carbocycles. The molecule has 2 aliphatic heterocycles. The molecule has 1 atom stereocenters. The van der Waals surface area contributed by atoms with Gasteiger partial charge in [0.1, 0.15) is 0 Å². The summed E-state index contributed by atoms with van der Waals surface area (Å²) in [5.74, 6) is 0.406. The largest absolute Gasteiger partial charge is 0.379 e. The summed E-state index contributed by atoms with van der Waals surface area (Å²) < 4.78 is 32.1. The Morgan fingerprint density at radius 1 is 1.21 bits per heavy atom. The SMILES string of the molecule is CC1CCCN(C(=O)c2cccc(S(=O)(=O)N3CCOCC3)c2)C1. The van der Waals surface area contributed by atoms with Crippen molar-refractivity contribution < 1.29 is 17.9 Å². The minimum atomic E-state index is -3.58. The number of carbonyl (C=O) groups excluding carboxylic acids is 1. The van der Waals surface area contributed by atoms with Gasteiger partial charge in [0, 0.05) is 31.7 Å². The summed E-state index contributed by atoms with van der Waals surface area (Å²) in [6.45, 7) is 5.13. The molecule has 0 aromatic heterocycles. The third-order valence-corrected chi connectivity index (χ3v) is 6.53. The quantitative estimate of drug-likeness (QED) is 0.828. The molecule has 0 N–H and O–H groups in total. The standard InChI is InChI=1S/C17H24N2O4S/c1-14-4-3-7-18(13-14)17(20)15-5-2-6-16(12-15)24(21,22)19-8-10-23-11-9-19/h2,5-6,12,14H,3-4,7-11,13H2,1H3. The zero-order valence-corrected chi connectivity index (χ0v) is 14.8. The maximum Gasteiger partial charge on any atom is 0.253 e. The summed E-state index contributed by atoms with van der Waals surface area (Å²) >= 11 is 0. The molecule has 0 radical (unpaired) electrons. The second-order valence-corrected chi connectivity index (χ2v) is 8.48. The number of nitrogens with zero attached hydrogens (tertiary/aromatic N) is 2. The van der Waals surface area contributed by atoms with Crippen molar-refractivity contribution in [3.63, 3.8) is 0 Å². The number of morpholine rings is 1. The van der Waals surface area contributed by atoms with Gasteiger partial charge in [0.15, 0.2) is 0 Å². The lowest BCUT2D eigenvalue weighted by Gasteiger charge is -2.31. The fourth-order valence-electron chi connectivity index (χ4n) is 3.28. The molecule has 6 nitrogen and oxygen atoms in total. The van der Waals surface area contributed by atoms with Crippen LogP contribution < -0.4 is 0 Å². The zero-order chi connectivity index (χ0) is 17.2. The molecule has 0 bridgehead atoms. The van der Waals surface area contributed by atoms with Crippen LogP contribution >= 0.6 is 0 Å². The molecule has 0 aliphatic carbocycles. The van der Waals surface area contributed by atoms with Crippen molar-refractivity contribution in [2.24, 2.45) is 5.92 Å². The number of benzene rings is 1. The fourth-order valence-corrected chi connectivity index (χ4v) is 4.74. The first-order valence-electron chi connectivity index (χ1n) is 8.46. The number of hydrogen-bond acceptors (Lipinski definition) is 4. The predicted molar refractivity (Wildman–Crippen MR) is 90.3 cm³/mol. The highest BCUT2D eigenvalue weighted by molar-refractivity contribution is 7.89. The minimum Gasteiger partial charge on any atom is -0.379 e. The monoisotopic (exact) mass is 352 g/mol. The van der Waals surface area contributed by atoms with E-state index in [1.165, 1.54) is 10.4 Å². The molecule has 24 heavy (non-hydrogen) atoms. The molecule has 0 spiro atoms. The van der Waals surface area contributed by atoms with Crippen molar-refractivity contribution in [1.29, 1.82) is 0 Å². The first-order valence-corrected chi connectivity index (χ1v) is 9.90. The van der Waals surface area contributed by atoms with Gasteiger partial charge in [-0.1, -0.05) is 13.0 Å². The van der Waals surface area contributed by atoms with Gasteiger partial charge in [-0.25, -0.2) is 8.42 Å². The van der Waals surface area contributed by atoms with Gasteiger partial charge in [-0.05, 0) is 37.0 Å². The molecular formula is C17H24N2O4S. The molecule has 1 aromatic rings. The lowest BCUT2D eigenvalue weighted by Crippen LogP contribution is -2.41. The van der Waals surface area contributed by atoms with Crippen LogP contribution in [0.1, 0.15) is 30.1 Å². The van der Waals surface area contributed by atoms with Gasteiger partial charge < -0.3 is 9.64 Å². The van der Waals surface area contributed by atoms with Gasteiger partial charge in [0.2, 0.25) is 10.0 Å². The number of amides is 1. The predicted octanol–water partition coefficient (Wildman–Crippen LogP) is 1.58. The van der Waals surface area contributed by atoms with Crippen LogP contribution in [0.15, 0.2) is 29.2 Å². The van der Waals surface area contributed by atoms with E-state index in [-0.39, 0.29) is 10.8 Å². The molecular weight excluding hydrogens is 328 g/mol. The number of rotatable bonds is 3. The lowest BCUT2D eigenvalue weighted by atomic mass is 9.99. The second kappa shape index (κ2) is 7.21. The first-order chi connectivity index (χ1) is 11.5. The van der Waals surface area contributed by atoms with Crippen molar-refractivity contribution >= 4 is 15.9 Å². The Balaban J connectivity index is 1.82. The average Bonchev–Trinajstić information content (AvgIpc) is 2.62. The van der Waals surface area contributed by atoms with E-state index >= 15 is 0 Å². The fraction of sp³-hybridized carbons (Fsp3) is 0.588. The summed E-state index contributed by atoms with van der Waals surface area (Å²) in [6.07, 6.45) is 2.13. The van der Waals surface area contributed by atoms with Gasteiger partial charge in [-0.15, -0.1) is 0 Å². The van der Waals surface area contributed by atoms with Crippen LogP contribution in [-0.4, -0.2) is 62.9 Å². The Hall–Kier alpha value is -1.44. The molecule has 2 aliphatic rings. The Morgan fingerprint density at radius 2 is 1.96 bits per heavy atom. The van der Waals surface area contributed by atoms with Gasteiger partial charge in [0.05, 0.1) is 18.1 Å². The van der Waals surface area contributed by atoms with Crippen LogP contribution in [0, 0.1) is 5.92 Å². The number of likely N-dealkylation sites (tertiary alicyclic amines) is 1. The van der Waals surface area contributed by atoms with Gasteiger partial charge >= 0.3 is 0 Å². The summed E-state index contributed by atoms with van der Waals surface area (Å²) in [6, 6.07) is 6.40. The van der Waals surface area contributed by atoms with E-state index in [0.29, 0.717) is 37.8 Å². The summed E-state index contributed by atoms with van der Waals surface area (Å²) in [5, 5.41) is 0. The smallest absolute Gasteiger partial charge is 0.253 e. The number of piperidine rings is 1. The molecule has 3 rings (SSSR count). The van der Waals surface area contributed by atoms with Crippen LogP contribution in [-0.2, 0) is 14.8 Å². The van der Waals surface area contributed by atoms with Gasteiger partial charge in [0.25, 0.3) is 5.91 Å². The van der Waals surface area contributed by atoms with E-state index in [1.54, 1.807) is 18.2 Å². The van der Waals surface area contributed by atoms with Crippen LogP contribution in [0.5, 0.6) is 0 Å². The topological polar surface area (TPSA) is 66.9 Å². The highest BCUT2D eigenvalue weighted by atomic mass is 32.2. The summed E-state index contributed by atoms with van der Waals surface area (Å²) in [4.78, 5) is 14.7. The highest BCUT2D eigenvalue weighted by Crippen LogP contribution is 2.21. The highest BCUT2D eigenvalue weighted by Gasteiger charge is 2.28. The van der Waals surface area contributed by atoms with Crippen molar-refractivity contribution in [3.05, 3.63) is 29.8 Å². The third kappa shape index (κ3) is 3.63.